The van der Waals surface area contributed by atoms with Gasteiger partial charge in [0.25, 0.3) is 11.8 Å². The number of hydrogen-bond donors (Lipinski definition) is 2. The molecule has 2 heterocycles. The Morgan fingerprint density at radius 3 is 2.44 bits per heavy atom. The predicted octanol–water partition coefficient (Wildman–Crippen LogP) is 4.07. The molecule has 0 unspecified atom stereocenters. The molecule has 0 bridgehead atoms. The van der Waals surface area contributed by atoms with E-state index < -0.39 is 23.6 Å². The summed E-state index contributed by atoms with van der Waals surface area (Å²) in [5.41, 5.74) is 3.47. The minimum Gasteiger partial charge on any atom is -0.478 e. The number of carboxylic acid groups (broad SMARTS) is 1. The van der Waals surface area contributed by atoms with Gasteiger partial charge in [0.1, 0.15) is 11.4 Å². The Labute approximate surface area is 200 Å². The van der Waals surface area contributed by atoms with Crippen molar-refractivity contribution in [1.29, 1.82) is 0 Å². The highest BCUT2D eigenvalue weighted by Crippen LogP contribution is 2.28. The molecule has 0 saturated carbocycles. The maximum atomic E-state index is 14.4. The van der Waals surface area contributed by atoms with Crippen molar-refractivity contribution in [1.82, 2.24) is 9.88 Å². The summed E-state index contributed by atoms with van der Waals surface area (Å²) >= 11 is 5.13. The monoisotopic (exact) mass is 477 g/mol. The molecule has 0 aliphatic carbocycles. The van der Waals surface area contributed by atoms with Gasteiger partial charge in [0, 0.05) is 17.1 Å². The molecule has 3 aromatic rings. The molecule has 1 aliphatic heterocycles. The van der Waals surface area contributed by atoms with Crippen LogP contribution in [0.2, 0.25) is 0 Å². The summed E-state index contributed by atoms with van der Waals surface area (Å²) in [5, 5.41) is 11.6. The van der Waals surface area contributed by atoms with Crippen LogP contribution in [0.15, 0.2) is 54.1 Å². The number of para-hydroxylation sites is 1. The zero-order valence-corrected chi connectivity index (χ0v) is 19.4. The van der Waals surface area contributed by atoms with Gasteiger partial charge in [0.15, 0.2) is 5.11 Å². The summed E-state index contributed by atoms with van der Waals surface area (Å²) in [6, 6.07) is 12.3. The van der Waals surface area contributed by atoms with Gasteiger partial charge in [0.05, 0.1) is 11.3 Å². The molecule has 9 heteroatoms. The highest BCUT2D eigenvalue weighted by atomic mass is 32.1. The average molecular weight is 478 g/mol. The number of aromatic carboxylic acids is 1. The van der Waals surface area contributed by atoms with Gasteiger partial charge >= 0.3 is 5.97 Å². The van der Waals surface area contributed by atoms with Gasteiger partial charge in [-0.15, -0.1) is 0 Å². The Morgan fingerprint density at radius 2 is 1.76 bits per heavy atom. The highest BCUT2D eigenvalue weighted by Gasteiger charge is 2.36. The number of thiocarbonyl (C=S) groups is 1. The first-order chi connectivity index (χ1) is 16.1. The molecule has 2 N–H and O–H groups in total. The minimum absolute atomic E-state index is 0.0602. The number of carbonyl (C=O) groups excluding carboxylic acids is 2. The zero-order valence-electron chi connectivity index (χ0n) is 18.5. The maximum absolute atomic E-state index is 14.4. The second-order valence-corrected chi connectivity index (χ2v) is 8.26. The number of rotatable bonds is 4. The van der Waals surface area contributed by atoms with E-state index in [2.05, 4.69) is 5.32 Å². The van der Waals surface area contributed by atoms with Crippen molar-refractivity contribution in [2.75, 3.05) is 4.90 Å². The van der Waals surface area contributed by atoms with Crippen LogP contribution in [0.4, 0.5) is 10.1 Å². The number of halogens is 1. The summed E-state index contributed by atoms with van der Waals surface area (Å²) in [5.74, 6) is -3.12. The number of amides is 2. The number of aryl methyl sites for hydroxylation is 2. The van der Waals surface area contributed by atoms with Gasteiger partial charge in [-0.05, 0) is 80.5 Å². The molecule has 0 atom stereocenters. The lowest BCUT2D eigenvalue weighted by molar-refractivity contribution is -0.122. The van der Waals surface area contributed by atoms with Crippen molar-refractivity contribution in [2.24, 2.45) is 0 Å². The molecule has 0 spiro atoms. The topological polar surface area (TPSA) is 91.6 Å². The number of anilines is 1. The Bertz CT molecular complexity index is 1420. The van der Waals surface area contributed by atoms with E-state index in [-0.39, 0.29) is 21.9 Å². The van der Waals surface area contributed by atoms with Crippen LogP contribution in [0.1, 0.15) is 32.9 Å². The van der Waals surface area contributed by atoms with Crippen molar-refractivity contribution < 1.29 is 23.9 Å². The van der Waals surface area contributed by atoms with Gasteiger partial charge in [-0.1, -0.05) is 18.2 Å². The summed E-state index contributed by atoms with van der Waals surface area (Å²) in [7, 11) is 0. The maximum Gasteiger partial charge on any atom is 0.335 e. The molecular formula is C25H20FN3O4S. The predicted molar refractivity (Wildman–Crippen MR) is 130 cm³/mol. The fourth-order valence-corrected chi connectivity index (χ4v) is 4.23. The fraction of sp³-hybridized carbons (Fsp3) is 0.120. The van der Waals surface area contributed by atoms with Crippen LogP contribution >= 0.6 is 12.2 Å². The zero-order chi connectivity index (χ0) is 24.7. The summed E-state index contributed by atoms with van der Waals surface area (Å²) in [6.07, 6.45) is 1.43. The van der Waals surface area contributed by atoms with E-state index in [9.17, 15) is 23.9 Å². The van der Waals surface area contributed by atoms with E-state index in [1.165, 1.54) is 30.3 Å². The van der Waals surface area contributed by atoms with E-state index in [1.54, 1.807) is 31.2 Å². The van der Waals surface area contributed by atoms with Crippen LogP contribution in [0, 0.1) is 26.6 Å². The number of nitrogens with zero attached hydrogens (tertiary/aromatic N) is 2. The summed E-state index contributed by atoms with van der Waals surface area (Å²) in [4.78, 5) is 38.3. The lowest BCUT2D eigenvalue weighted by atomic mass is 10.1. The number of benzene rings is 2. The SMILES string of the molecule is Cc1ccc(C(=O)O)cc1-n1c(C)cc(/C=C2\C(=O)NC(=S)N(c3ccccc3F)C2=O)c1C. The third-order valence-electron chi connectivity index (χ3n) is 5.66. The van der Waals surface area contributed by atoms with Gasteiger partial charge < -0.3 is 9.67 Å². The highest BCUT2D eigenvalue weighted by molar-refractivity contribution is 7.80. The smallest absolute Gasteiger partial charge is 0.335 e. The van der Waals surface area contributed by atoms with Gasteiger partial charge in [-0.25, -0.2) is 14.1 Å². The molecule has 0 radical (unpaired) electrons. The van der Waals surface area contributed by atoms with Gasteiger partial charge in [0.2, 0.25) is 0 Å². The largest absolute Gasteiger partial charge is 0.478 e. The van der Waals surface area contributed by atoms with Crippen molar-refractivity contribution in [3.8, 4) is 5.69 Å². The second-order valence-electron chi connectivity index (χ2n) is 7.88. The molecule has 2 aromatic carbocycles. The normalized spacial score (nSPS) is 15.1. The van der Waals surface area contributed by atoms with E-state index in [0.29, 0.717) is 16.9 Å². The molecular weight excluding hydrogens is 457 g/mol. The Hall–Kier alpha value is -4.11. The lowest BCUT2D eigenvalue weighted by Gasteiger charge is -2.29. The van der Waals surface area contributed by atoms with Crippen LogP contribution < -0.4 is 10.2 Å². The number of carbonyl (C=O) groups is 3. The van der Waals surface area contributed by atoms with E-state index >= 15 is 0 Å². The van der Waals surface area contributed by atoms with Crippen LogP contribution in [-0.2, 0) is 9.59 Å². The van der Waals surface area contributed by atoms with Crippen LogP contribution in [0.25, 0.3) is 11.8 Å². The lowest BCUT2D eigenvalue weighted by Crippen LogP contribution is -2.54. The van der Waals surface area contributed by atoms with Gasteiger partial charge in [-0.3, -0.25) is 14.9 Å². The van der Waals surface area contributed by atoms with E-state index in [4.69, 9.17) is 12.2 Å². The molecule has 34 heavy (non-hydrogen) atoms. The molecule has 172 valence electrons. The molecule has 7 nitrogen and oxygen atoms in total. The third-order valence-corrected chi connectivity index (χ3v) is 5.95. The molecule has 1 aliphatic rings. The molecule has 2 amide bonds. The number of carboxylic acids is 1. The first kappa shape index (κ1) is 23.1. The van der Waals surface area contributed by atoms with Crippen molar-refractivity contribution in [3.05, 3.63) is 88.0 Å². The standard InChI is InChI=1S/C25H20FN3O4S/c1-13-8-9-16(24(32)33)12-21(13)28-14(2)10-17(15(28)3)11-18-22(30)27-25(34)29(23(18)31)20-7-5-4-6-19(20)26/h4-12H,1-3H3,(H,32,33)(H,27,30,34)/b18-11+. The van der Waals surface area contributed by atoms with Crippen LogP contribution in [0.5, 0.6) is 0 Å². The molecule has 1 saturated heterocycles. The number of hydrogen-bond acceptors (Lipinski definition) is 4. The van der Waals surface area contributed by atoms with Crippen molar-refractivity contribution in [2.45, 2.75) is 20.8 Å². The van der Waals surface area contributed by atoms with Crippen molar-refractivity contribution >= 4 is 46.9 Å². The average Bonchev–Trinajstić information content (AvgIpc) is 3.05. The fourth-order valence-electron chi connectivity index (χ4n) is 3.95. The minimum atomic E-state index is -1.04. The van der Waals surface area contributed by atoms with Crippen LogP contribution in [-0.4, -0.2) is 32.6 Å². The summed E-state index contributed by atoms with van der Waals surface area (Å²) < 4.78 is 16.2. The van der Waals surface area contributed by atoms with Crippen molar-refractivity contribution in [3.63, 3.8) is 0 Å². The van der Waals surface area contributed by atoms with Gasteiger partial charge in [-0.2, -0.15) is 0 Å². The third kappa shape index (κ3) is 3.90. The summed E-state index contributed by atoms with van der Waals surface area (Å²) in [6.45, 7) is 5.51. The molecule has 1 aromatic heterocycles. The molecule has 1 fully saturated rings. The first-order valence-corrected chi connectivity index (χ1v) is 10.7. The first-order valence-electron chi connectivity index (χ1n) is 10.3. The van der Waals surface area contributed by atoms with E-state index in [0.717, 1.165) is 16.2 Å². The number of aromatic nitrogens is 1. The second kappa shape index (κ2) is 8.68. The van der Waals surface area contributed by atoms with Crippen LogP contribution in [0.3, 0.4) is 0 Å². The quantitative estimate of drug-likeness (QED) is 0.336. The Balaban J connectivity index is 1.81. The Morgan fingerprint density at radius 1 is 1.06 bits per heavy atom. The van der Waals surface area contributed by atoms with E-state index in [1.807, 2.05) is 18.4 Å². The number of nitrogens with one attached hydrogen (secondary N) is 1. The Kier molecular flexibility index (Phi) is 5.89. The molecule has 4 rings (SSSR count).